The number of carbonyl (C=O) groups excluding carboxylic acids is 3. The number of thiazole rings is 1. The molecule has 0 aromatic carbocycles. The Bertz CT molecular complexity index is 601. The maximum atomic E-state index is 12.5. The van der Waals surface area contributed by atoms with E-state index in [2.05, 4.69) is 4.98 Å². The zero-order chi connectivity index (χ0) is 15.9. The molecule has 2 saturated heterocycles. The van der Waals surface area contributed by atoms with Gasteiger partial charge >= 0.3 is 0 Å². The van der Waals surface area contributed by atoms with Gasteiger partial charge in [0.2, 0.25) is 11.8 Å². The first-order valence-corrected chi connectivity index (χ1v) is 8.12. The summed E-state index contributed by atoms with van der Waals surface area (Å²) in [5.41, 5.74) is 2.06. The summed E-state index contributed by atoms with van der Waals surface area (Å²) in [5.74, 6) is -0.276. The van der Waals surface area contributed by atoms with Crippen LogP contribution in [0.1, 0.15) is 23.3 Å². The standard InChI is InChI=1S/C14H18N4O3S/c1-16(2)13(20)6-18-10-3-4-17(11(10)5-12(18)19)14(21)9-7-22-8-15-9/h7-8,10-11H,3-6H2,1-2H3/t10-,11+/m1/s1. The highest BCUT2D eigenvalue weighted by atomic mass is 32.1. The third-order valence-electron chi connectivity index (χ3n) is 4.33. The molecule has 0 aliphatic carbocycles. The lowest BCUT2D eigenvalue weighted by molar-refractivity contribution is -0.138. The fourth-order valence-corrected chi connectivity index (χ4v) is 3.66. The number of hydrogen-bond acceptors (Lipinski definition) is 5. The number of aromatic nitrogens is 1. The van der Waals surface area contributed by atoms with Gasteiger partial charge in [0.1, 0.15) is 12.2 Å². The number of amides is 3. The Morgan fingerprint density at radius 2 is 2.18 bits per heavy atom. The van der Waals surface area contributed by atoms with Crippen molar-refractivity contribution in [2.24, 2.45) is 0 Å². The number of likely N-dealkylation sites (tertiary alicyclic amines) is 2. The van der Waals surface area contributed by atoms with Gasteiger partial charge in [0.15, 0.2) is 0 Å². The normalized spacial score (nSPS) is 23.8. The van der Waals surface area contributed by atoms with E-state index >= 15 is 0 Å². The number of fused-ring (bicyclic) bond motifs is 1. The summed E-state index contributed by atoms with van der Waals surface area (Å²) in [6.07, 6.45) is 1.01. The summed E-state index contributed by atoms with van der Waals surface area (Å²) in [7, 11) is 3.35. The molecule has 0 spiro atoms. The molecule has 2 fully saturated rings. The number of nitrogens with zero attached hydrogens (tertiary/aromatic N) is 4. The van der Waals surface area contributed by atoms with E-state index in [0.717, 1.165) is 0 Å². The van der Waals surface area contributed by atoms with Crippen LogP contribution in [0.2, 0.25) is 0 Å². The van der Waals surface area contributed by atoms with Gasteiger partial charge in [0.25, 0.3) is 5.91 Å². The van der Waals surface area contributed by atoms with Crippen LogP contribution in [0.3, 0.4) is 0 Å². The van der Waals surface area contributed by atoms with Crippen molar-refractivity contribution in [1.82, 2.24) is 19.7 Å². The molecule has 3 rings (SSSR count). The van der Waals surface area contributed by atoms with E-state index in [1.807, 2.05) is 0 Å². The Balaban J connectivity index is 1.73. The smallest absolute Gasteiger partial charge is 0.273 e. The first-order chi connectivity index (χ1) is 10.5. The maximum Gasteiger partial charge on any atom is 0.273 e. The van der Waals surface area contributed by atoms with Crippen LogP contribution in [0.5, 0.6) is 0 Å². The summed E-state index contributed by atoms with van der Waals surface area (Å²) >= 11 is 1.38. The van der Waals surface area contributed by atoms with E-state index < -0.39 is 0 Å². The van der Waals surface area contributed by atoms with Crippen LogP contribution in [-0.4, -0.2) is 76.7 Å². The number of hydrogen-bond donors (Lipinski definition) is 0. The van der Waals surface area contributed by atoms with Crippen LogP contribution in [0, 0.1) is 0 Å². The molecule has 22 heavy (non-hydrogen) atoms. The highest BCUT2D eigenvalue weighted by Gasteiger charge is 2.49. The Labute approximate surface area is 132 Å². The highest BCUT2D eigenvalue weighted by Crippen LogP contribution is 2.33. The fraction of sp³-hybridized carbons (Fsp3) is 0.571. The molecular formula is C14H18N4O3S. The molecule has 2 aliphatic rings. The molecule has 0 N–H and O–H groups in total. The molecule has 0 bridgehead atoms. The Hall–Kier alpha value is -1.96. The van der Waals surface area contributed by atoms with Crippen molar-refractivity contribution in [3.05, 3.63) is 16.6 Å². The van der Waals surface area contributed by atoms with Crippen molar-refractivity contribution < 1.29 is 14.4 Å². The largest absolute Gasteiger partial charge is 0.347 e. The predicted molar refractivity (Wildman–Crippen MR) is 80.4 cm³/mol. The molecule has 7 nitrogen and oxygen atoms in total. The van der Waals surface area contributed by atoms with Crippen molar-refractivity contribution in [2.75, 3.05) is 27.2 Å². The van der Waals surface area contributed by atoms with Gasteiger partial charge < -0.3 is 14.7 Å². The Morgan fingerprint density at radius 3 is 2.82 bits per heavy atom. The first-order valence-electron chi connectivity index (χ1n) is 7.18. The van der Waals surface area contributed by atoms with Gasteiger partial charge in [-0.25, -0.2) is 4.98 Å². The SMILES string of the molecule is CN(C)C(=O)CN1C(=O)C[C@H]2[C@H]1CCN2C(=O)c1cscn1. The lowest BCUT2D eigenvalue weighted by atomic mass is 10.1. The molecule has 0 unspecified atom stereocenters. The number of rotatable bonds is 3. The van der Waals surface area contributed by atoms with Crippen LogP contribution >= 0.6 is 11.3 Å². The fourth-order valence-electron chi connectivity index (χ4n) is 3.14. The van der Waals surface area contributed by atoms with Gasteiger partial charge in [-0.3, -0.25) is 14.4 Å². The van der Waals surface area contributed by atoms with Gasteiger partial charge in [0.05, 0.1) is 17.6 Å². The maximum absolute atomic E-state index is 12.5. The predicted octanol–water partition coefficient (Wildman–Crippen LogP) is 0.0467. The van der Waals surface area contributed by atoms with Crippen LogP contribution < -0.4 is 0 Å². The number of carbonyl (C=O) groups is 3. The van der Waals surface area contributed by atoms with Crippen LogP contribution in [0.4, 0.5) is 0 Å². The van der Waals surface area contributed by atoms with E-state index in [0.29, 0.717) is 25.1 Å². The summed E-state index contributed by atoms with van der Waals surface area (Å²) in [5, 5.41) is 1.72. The van der Waals surface area contributed by atoms with Crippen LogP contribution in [0.15, 0.2) is 10.9 Å². The number of likely N-dealkylation sites (N-methyl/N-ethyl adjacent to an activating group) is 1. The highest BCUT2D eigenvalue weighted by molar-refractivity contribution is 7.07. The minimum Gasteiger partial charge on any atom is -0.347 e. The van der Waals surface area contributed by atoms with E-state index in [-0.39, 0.29) is 36.3 Å². The van der Waals surface area contributed by atoms with Gasteiger partial charge in [-0.1, -0.05) is 0 Å². The summed E-state index contributed by atoms with van der Waals surface area (Å²) in [6, 6.07) is -0.198. The molecule has 1 aromatic heterocycles. The zero-order valence-corrected chi connectivity index (χ0v) is 13.4. The second kappa shape index (κ2) is 5.68. The second-order valence-electron chi connectivity index (χ2n) is 5.81. The van der Waals surface area contributed by atoms with Crippen molar-refractivity contribution in [3.63, 3.8) is 0 Å². The van der Waals surface area contributed by atoms with Crippen molar-refractivity contribution >= 4 is 29.1 Å². The molecule has 0 radical (unpaired) electrons. The van der Waals surface area contributed by atoms with Crippen LogP contribution in [0.25, 0.3) is 0 Å². The van der Waals surface area contributed by atoms with Gasteiger partial charge in [-0.2, -0.15) is 0 Å². The Kier molecular flexibility index (Phi) is 3.86. The van der Waals surface area contributed by atoms with E-state index in [9.17, 15) is 14.4 Å². The van der Waals surface area contributed by atoms with E-state index in [1.165, 1.54) is 16.2 Å². The molecule has 0 saturated carbocycles. The van der Waals surface area contributed by atoms with Crippen molar-refractivity contribution in [2.45, 2.75) is 24.9 Å². The van der Waals surface area contributed by atoms with E-state index in [4.69, 9.17) is 0 Å². The molecule has 1 aromatic rings. The minimum absolute atomic E-state index is 0.0547. The third-order valence-corrected chi connectivity index (χ3v) is 4.92. The monoisotopic (exact) mass is 322 g/mol. The Morgan fingerprint density at radius 1 is 1.41 bits per heavy atom. The lowest BCUT2D eigenvalue weighted by Gasteiger charge is -2.25. The van der Waals surface area contributed by atoms with Crippen molar-refractivity contribution in [1.29, 1.82) is 0 Å². The summed E-state index contributed by atoms with van der Waals surface area (Å²) in [4.78, 5) is 45.4. The van der Waals surface area contributed by atoms with Crippen molar-refractivity contribution in [3.8, 4) is 0 Å². The van der Waals surface area contributed by atoms with Gasteiger partial charge in [-0.15, -0.1) is 11.3 Å². The zero-order valence-electron chi connectivity index (χ0n) is 12.6. The average Bonchev–Trinajstić information content (AvgIpc) is 3.17. The molecule has 118 valence electrons. The quantitative estimate of drug-likeness (QED) is 0.788. The molecule has 2 aliphatic heterocycles. The first kappa shape index (κ1) is 15.0. The molecular weight excluding hydrogens is 304 g/mol. The molecule has 3 heterocycles. The second-order valence-corrected chi connectivity index (χ2v) is 6.53. The minimum atomic E-state index is -0.142. The van der Waals surface area contributed by atoms with Gasteiger partial charge in [-0.05, 0) is 6.42 Å². The average molecular weight is 322 g/mol. The molecule has 2 atom stereocenters. The topological polar surface area (TPSA) is 73.8 Å². The van der Waals surface area contributed by atoms with E-state index in [1.54, 1.807) is 34.8 Å². The molecule has 3 amide bonds. The molecule has 8 heteroatoms. The third kappa shape index (κ3) is 2.47. The van der Waals surface area contributed by atoms with Crippen LogP contribution in [-0.2, 0) is 9.59 Å². The summed E-state index contributed by atoms with van der Waals surface area (Å²) in [6.45, 7) is 0.692. The summed E-state index contributed by atoms with van der Waals surface area (Å²) < 4.78 is 0. The lowest BCUT2D eigenvalue weighted by Crippen LogP contribution is -2.43. The van der Waals surface area contributed by atoms with Gasteiger partial charge in [0, 0.05) is 32.4 Å².